The summed E-state index contributed by atoms with van der Waals surface area (Å²) in [7, 11) is -3.68. The lowest BCUT2D eigenvalue weighted by Crippen LogP contribution is -2.04. The van der Waals surface area contributed by atoms with Crippen molar-refractivity contribution < 1.29 is 25.8 Å². The van der Waals surface area contributed by atoms with Gasteiger partial charge in [-0.15, -0.1) is 0 Å². The van der Waals surface area contributed by atoms with Crippen molar-refractivity contribution in [2.75, 3.05) is 12.9 Å². The molecule has 3 nitrogen and oxygen atoms in total. The minimum Gasteiger partial charge on any atom is -0.270 e. The van der Waals surface area contributed by atoms with E-state index in [9.17, 15) is 21.6 Å². The molecule has 0 fully saturated rings. The summed E-state index contributed by atoms with van der Waals surface area (Å²) in [5.41, 5.74) is 0. The second-order valence-electron chi connectivity index (χ2n) is 1.94. The normalized spacial score (nSPS) is 11.3. The van der Waals surface area contributed by atoms with Crippen LogP contribution < -0.4 is 0 Å². The van der Waals surface area contributed by atoms with E-state index in [2.05, 4.69) is 4.18 Å². The van der Waals surface area contributed by atoms with E-state index < -0.39 is 35.1 Å². The topological polar surface area (TPSA) is 43.4 Å². The third-order valence-electron chi connectivity index (χ3n) is 0.824. The Kier molecular flexibility index (Phi) is 4.25. The second-order valence-corrected chi connectivity index (χ2v) is 3.59. The first kappa shape index (κ1) is 11.4. The van der Waals surface area contributed by atoms with Crippen LogP contribution in [0, 0.1) is 0 Å². The molecule has 0 radical (unpaired) electrons. The van der Waals surface area contributed by atoms with Gasteiger partial charge < -0.3 is 0 Å². The van der Waals surface area contributed by atoms with E-state index in [0.717, 1.165) is 6.26 Å². The molecular weight excluding hydrogens is 197 g/mol. The summed E-state index contributed by atoms with van der Waals surface area (Å²) in [6.45, 7) is -0.609. The van der Waals surface area contributed by atoms with Gasteiger partial charge in [-0.25, -0.2) is 4.39 Å². The molecular formula is C5H7F3O3S. The van der Waals surface area contributed by atoms with Crippen LogP contribution in [0.1, 0.15) is 6.42 Å². The standard InChI is InChI=1S/C5H7F3O3S/c1-12(9,10)11-3-2-4(6)5(7)8/h2-3H2,1H3. The fraction of sp³-hybridized carbons (Fsp3) is 0.600. The third kappa shape index (κ3) is 6.17. The Bertz CT molecular complexity index is 266. The number of hydrogen-bond donors (Lipinski definition) is 0. The van der Waals surface area contributed by atoms with Gasteiger partial charge in [-0.3, -0.25) is 4.18 Å². The van der Waals surface area contributed by atoms with Crippen LogP contribution in [0.3, 0.4) is 0 Å². The molecule has 0 unspecified atom stereocenters. The fourth-order valence-corrected chi connectivity index (χ4v) is 0.763. The average Bonchev–Trinajstić information content (AvgIpc) is 1.84. The number of hydrogen-bond acceptors (Lipinski definition) is 3. The summed E-state index contributed by atoms with van der Waals surface area (Å²) in [5, 5.41) is 0. The van der Waals surface area contributed by atoms with Crippen LogP contribution in [-0.2, 0) is 14.3 Å². The highest BCUT2D eigenvalue weighted by molar-refractivity contribution is 7.85. The van der Waals surface area contributed by atoms with Crippen molar-refractivity contribution >= 4 is 10.1 Å². The van der Waals surface area contributed by atoms with E-state index in [1.54, 1.807) is 0 Å². The molecule has 72 valence electrons. The van der Waals surface area contributed by atoms with Crippen LogP contribution in [0.25, 0.3) is 0 Å². The largest absolute Gasteiger partial charge is 0.301 e. The van der Waals surface area contributed by atoms with Crippen molar-refractivity contribution in [1.82, 2.24) is 0 Å². The van der Waals surface area contributed by atoms with E-state index in [1.807, 2.05) is 0 Å². The van der Waals surface area contributed by atoms with Crippen LogP contribution in [0.2, 0.25) is 0 Å². The van der Waals surface area contributed by atoms with E-state index in [-0.39, 0.29) is 0 Å². The monoisotopic (exact) mass is 204 g/mol. The van der Waals surface area contributed by atoms with Crippen molar-refractivity contribution in [2.45, 2.75) is 6.42 Å². The van der Waals surface area contributed by atoms with Gasteiger partial charge in [-0.05, 0) is 0 Å². The molecule has 12 heavy (non-hydrogen) atoms. The molecule has 0 atom stereocenters. The first-order valence-corrected chi connectivity index (χ1v) is 4.68. The summed E-state index contributed by atoms with van der Waals surface area (Å²) in [4.78, 5) is 0. The van der Waals surface area contributed by atoms with Crippen molar-refractivity contribution in [3.63, 3.8) is 0 Å². The van der Waals surface area contributed by atoms with Gasteiger partial charge in [0.1, 0.15) is 0 Å². The van der Waals surface area contributed by atoms with Gasteiger partial charge in [0.05, 0.1) is 12.9 Å². The quantitative estimate of drug-likeness (QED) is 0.650. The lowest BCUT2D eigenvalue weighted by atomic mass is 10.4. The second kappa shape index (κ2) is 4.46. The number of halogens is 3. The summed E-state index contributed by atoms with van der Waals surface area (Å²) in [6.07, 6.45) is -2.44. The van der Waals surface area contributed by atoms with Crippen molar-refractivity contribution in [1.29, 1.82) is 0 Å². The Morgan fingerprint density at radius 3 is 2.17 bits per heavy atom. The Morgan fingerprint density at radius 1 is 1.33 bits per heavy atom. The maximum absolute atomic E-state index is 12.0. The molecule has 0 saturated heterocycles. The lowest BCUT2D eigenvalue weighted by Gasteiger charge is -1.97. The Balaban J connectivity index is 3.81. The lowest BCUT2D eigenvalue weighted by molar-refractivity contribution is 0.299. The van der Waals surface area contributed by atoms with Crippen LogP contribution in [-0.4, -0.2) is 21.3 Å². The number of rotatable bonds is 4. The predicted octanol–water partition coefficient (Wildman–Crippen LogP) is 1.43. The highest BCUT2D eigenvalue weighted by Crippen LogP contribution is 2.12. The van der Waals surface area contributed by atoms with Gasteiger partial charge in [0.15, 0.2) is 5.83 Å². The van der Waals surface area contributed by atoms with Crippen LogP contribution >= 0.6 is 0 Å². The Hall–Kier alpha value is -0.560. The van der Waals surface area contributed by atoms with Gasteiger partial charge in [0, 0.05) is 6.42 Å². The molecule has 0 aliphatic rings. The van der Waals surface area contributed by atoms with Gasteiger partial charge in [0.2, 0.25) is 0 Å². The first-order chi connectivity index (χ1) is 5.33. The maximum atomic E-state index is 12.0. The molecule has 0 aromatic heterocycles. The maximum Gasteiger partial charge on any atom is 0.301 e. The molecule has 0 aliphatic carbocycles. The minimum atomic E-state index is -3.68. The van der Waals surface area contributed by atoms with E-state index in [1.165, 1.54) is 0 Å². The summed E-state index contributed by atoms with van der Waals surface area (Å²) < 4.78 is 59.1. The van der Waals surface area contributed by atoms with Crippen LogP contribution in [0.15, 0.2) is 11.9 Å². The zero-order chi connectivity index (χ0) is 9.78. The summed E-state index contributed by atoms with van der Waals surface area (Å²) in [5.74, 6) is -1.65. The highest BCUT2D eigenvalue weighted by atomic mass is 32.2. The molecule has 0 aliphatic heterocycles. The molecule has 0 saturated carbocycles. The van der Waals surface area contributed by atoms with E-state index in [0.29, 0.717) is 0 Å². The van der Waals surface area contributed by atoms with Gasteiger partial charge in [-0.2, -0.15) is 17.2 Å². The Morgan fingerprint density at radius 2 is 1.83 bits per heavy atom. The molecule has 0 aromatic carbocycles. The first-order valence-electron chi connectivity index (χ1n) is 2.87. The van der Waals surface area contributed by atoms with Crippen LogP contribution in [0.5, 0.6) is 0 Å². The fourth-order valence-electron chi connectivity index (χ4n) is 0.377. The summed E-state index contributed by atoms with van der Waals surface area (Å²) >= 11 is 0. The average molecular weight is 204 g/mol. The minimum absolute atomic E-state index is 0.609. The Labute approximate surface area is 68.0 Å². The molecule has 0 bridgehead atoms. The van der Waals surface area contributed by atoms with Crippen molar-refractivity contribution in [2.24, 2.45) is 0 Å². The van der Waals surface area contributed by atoms with Gasteiger partial charge >= 0.3 is 6.08 Å². The van der Waals surface area contributed by atoms with Gasteiger partial charge in [-0.1, -0.05) is 0 Å². The third-order valence-corrected chi connectivity index (χ3v) is 1.42. The molecule has 0 aromatic rings. The molecule has 7 heteroatoms. The van der Waals surface area contributed by atoms with Crippen LogP contribution in [0.4, 0.5) is 13.2 Å². The van der Waals surface area contributed by atoms with E-state index >= 15 is 0 Å². The molecule has 0 rings (SSSR count). The summed E-state index contributed by atoms with van der Waals surface area (Å²) in [6, 6.07) is 0. The SMILES string of the molecule is CS(=O)(=O)OCCC(F)=C(F)F. The zero-order valence-electron chi connectivity index (χ0n) is 6.18. The smallest absolute Gasteiger partial charge is 0.270 e. The molecule has 0 N–H and O–H groups in total. The predicted molar refractivity (Wildman–Crippen MR) is 35.8 cm³/mol. The van der Waals surface area contributed by atoms with Crippen molar-refractivity contribution in [3.8, 4) is 0 Å². The van der Waals surface area contributed by atoms with Crippen molar-refractivity contribution in [3.05, 3.63) is 11.9 Å². The van der Waals surface area contributed by atoms with E-state index in [4.69, 9.17) is 0 Å². The molecule has 0 amide bonds. The van der Waals surface area contributed by atoms with Gasteiger partial charge in [0.25, 0.3) is 10.1 Å². The zero-order valence-corrected chi connectivity index (χ0v) is 7.00. The molecule has 0 spiro atoms. The molecule has 0 heterocycles. The highest BCUT2D eigenvalue weighted by Gasteiger charge is 2.07.